The van der Waals surface area contributed by atoms with Gasteiger partial charge in [-0.2, -0.15) is 0 Å². The van der Waals surface area contributed by atoms with Crippen molar-refractivity contribution >= 4 is 38.3 Å². The van der Waals surface area contributed by atoms with Crippen molar-refractivity contribution in [3.63, 3.8) is 0 Å². The number of carbonyl (C=O) groups excluding carboxylic acids is 1. The van der Waals surface area contributed by atoms with Crippen molar-refractivity contribution in [1.29, 1.82) is 0 Å². The predicted molar refractivity (Wildman–Crippen MR) is 85.2 cm³/mol. The van der Waals surface area contributed by atoms with Gasteiger partial charge in [0.15, 0.2) is 5.13 Å². The summed E-state index contributed by atoms with van der Waals surface area (Å²) in [6.45, 7) is 0. The number of nitrogens with one attached hydrogen (secondary N) is 1. The van der Waals surface area contributed by atoms with Gasteiger partial charge in [0.1, 0.15) is 5.69 Å². The Morgan fingerprint density at radius 2 is 2.19 bits per heavy atom. The molecule has 0 aliphatic carbocycles. The Labute approximate surface area is 133 Å². The topological polar surface area (TPSA) is 67.8 Å². The molecule has 2 aromatic heterocycles. The molecule has 0 unspecified atom stereocenters. The first-order valence-electron chi connectivity index (χ1n) is 6.01. The lowest BCUT2D eigenvalue weighted by atomic mass is 10.2. The Balaban J connectivity index is 1.78. The average molecular weight is 361 g/mol. The molecule has 0 atom stereocenters. The molecule has 0 spiro atoms. The van der Waals surface area contributed by atoms with Gasteiger partial charge in [-0.15, -0.1) is 11.3 Å². The number of halogens is 1. The second-order valence-corrected chi connectivity index (χ2v) is 5.87. The summed E-state index contributed by atoms with van der Waals surface area (Å²) >= 11 is 4.79. The van der Waals surface area contributed by atoms with Crippen LogP contribution in [0.3, 0.4) is 0 Å². The van der Waals surface area contributed by atoms with Crippen molar-refractivity contribution in [2.45, 2.75) is 0 Å². The van der Waals surface area contributed by atoms with Crippen LogP contribution < -0.4 is 5.32 Å². The van der Waals surface area contributed by atoms with Crippen LogP contribution in [-0.4, -0.2) is 20.9 Å². The van der Waals surface area contributed by atoms with E-state index in [9.17, 15) is 4.79 Å². The summed E-state index contributed by atoms with van der Waals surface area (Å²) in [6.07, 6.45) is 4.41. The zero-order valence-electron chi connectivity index (χ0n) is 10.7. The van der Waals surface area contributed by atoms with E-state index in [2.05, 4.69) is 36.2 Å². The molecule has 3 aromatic rings. The van der Waals surface area contributed by atoms with E-state index in [0.29, 0.717) is 5.13 Å². The van der Waals surface area contributed by atoms with Gasteiger partial charge in [0.05, 0.1) is 11.9 Å². The lowest BCUT2D eigenvalue weighted by molar-refractivity contribution is 0.102. The maximum absolute atomic E-state index is 12.0. The number of hydrogen-bond donors (Lipinski definition) is 1. The van der Waals surface area contributed by atoms with Crippen LogP contribution in [-0.2, 0) is 0 Å². The van der Waals surface area contributed by atoms with Crippen LogP contribution in [0, 0.1) is 0 Å². The van der Waals surface area contributed by atoms with E-state index in [4.69, 9.17) is 0 Å². The normalized spacial score (nSPS) is 10.3. The zero-order chi connectivity index (χ0) is 14.7. The summed E-state index contributed by atoms with van der Waals surface area (Å²) in [7, 11) is 0. The number of hydrogen-bond acceptors (Lipinski definition) is 5. The first-order valence-corrected chi connectivity index (χ1v) is 7.68. The fraction of sp³-hybridized carbons (Fsp3) is 0. The van der Waals surface area contributed by atoms with Crippen LogP contribution in [0.1, 0.15) is 10.5 Å². The number of benzene rings is 1. The van der Waals surface area contributed by atoms with E-state index in [-0.39, 0.29) is 11.6 Å². The molecule has 7 heteroatoms. The van der Waals surface area contributed by atoms with E-state index < -0.39 is 0 Å². The van der Waals surface area contributed by atoms with Crippen LogP contribution in [0.2, 0.25) is 0 Å². The molecule has 1 amide bonds. The minimum Gasteiger partial charge on any atom is -0.296 e. The zero-order valence-corrected chi connectivity index (χ0v) is 13.1. The van der Waals surface area contributed by atoms with E-state index >= 15 is 0 Å². The third-order valence-corrected chi connectivity index (χ3v) is 3.89. The van der Waals surface area contributed by atoms with Crippen molar-refractivity contribution in [3.05, 3.63) is 58.4 Å². The average Bonchev–Trinajstić information content (AvgIpc) is 2.97. The monoisotopic (exact) mass is 360 g/mol. The SMILES string of the molecule is O=C(Nc1nc(-c2cccc(Br)c2)cs1)c1cnccn1. The quantitative estimate of drug-likeness (QED) is 0.774. The minimum atomic E-state index is -0.321. The summed E-state index contributed by atoms with van der Waals surface area (Å²) < 4.78 is 0.984. The summed E-state index contributed by atoms with van der Waals surface area (Å²) in [4.78, 5) is 24.2. The Kier molecular flexibility index (Phi) is 4.03. The fourth-order valence-corrected chi connectivity index (χ4v) is 2.80. The van der Waals surface area contributed by atoms with E-state index in [1.54, 1.807) is 0 Å². The van der Waals surface area contributed by atoms with Gasteiger partial charge >= 0.3 is 0 Å². The Bertz CT molecular complexity index is 775. The highest BCUT2D eigenvalue weighted by Gasteiger charge is 2.11. The molecule has 0 fully saturated rings. The molecule has 1 N–H and O–H groups in total. The summed E-state index contributed by atoms with van der Waals surface area (Å²) in [6, 6.07) is 7.83. The fourth-order valence-electron chi connectivity index (χ4n) is 1.69. The molecule has 0 aliphatic heterocycles. The van der Waals surface area contributed by atoms with Gasteiger partial charge in [0, 0.05) is 27.8 Å². The van der Waals surface area contributed by atoms with Gasteiger partial charge in [-0.05, 0) is 12.1 Å². The lowest BCUT2D eigenvalue weighted by Gasteiger charge is -2.00. The number of thiazole rings is 1. The summed E-state index contributed by atoms with van der Waals surface area (Å²) in [5.41, 5.74) is 2.06. The van der Waals surface area contributed by atoms with Crippen LogP contribution >= 0.6 is 27.3 Å². The number of carbonyl (C=O) groups is 1. The van der Waals surface area contributed by atoms with Crippen molar-refractivity contribution in [1.82, 2.24) is 15.0 Å². The van der Waals surface area contributed by atoms with Crippen LogP contribution in [0.25, 0.3) is 11.3 Å². The third-order valence-electron chi connectivity index (χ3n) is 2.64. The van der Waals surface area contributed by atoms with Crippen molar-refractivity contribution in [2.24, 2.45) is 0 Å². The number of aromatic nitrogens is 3. The molecule has 2 heterocycles. The highest BCUT2D eigenvalue weighted by molar-refractivity contribution is 9.10. The molecule has 0 bridgehead atoms. The largest absolute Gasteiger partial charge is 0.296 e. The van der Waals surface area contributed by atoms with Gasteiger partial charge in [-0.25, -0.2) is 9.97 Å². The van der Waals surface area contributed by atoms with E-state index in [1.807, 2.05) is 29.6 Å². The van der Waals surface area contributed by atoms with E-state index in [1.165, 1.54) is 29.9 Å². The van der Waals surface area contributed by atoms with Crippen LogP contribution in [0.5, 0.6) is 0 Å². The highest BCUT2D eigenvalue weighted by Crippen LogP contribution is 2.26. The molecule has 0 radical (unpaired) electrons. The van der Waals surface area contributed by atoms with Crippen molar-refractivity contribution < 1.29 is 4.79 Å². The molecule has 21 heavy (non-hydrogen) atoms. The maximum atomic E-state index is 12.0. The molecule has 104 valence electrons. The van der Waals surface area contributed by atoms with Gasteiger partial charge in [0.25, 0.3) is 5.91 Å². The van der Waals surface area contributed by atoms with Gasteiger partial charge < -0.3 is 0 Å². The lowest BCUT2D eigenvalue weighted by Crippen LogP contribution is -2.13. The van der Waals surface area contributed by atoms with Crippen molar-refractivity contribution in [3.8, 4) is 11.3 Å². The third kappa shape index (κ3) is 3.32. The van der Waals surface area contributed by atoms with Gasteiger partial charge in [-0.1, -0.05) is 28.1 Å². The molecule has 0 saturated carbocycles. The number of anilines is 1. The predicted octanol–water partition coefficient (Wildman–Crippen LogP) is 3.61. The van der Waals surface area contributed by atoms with Crippen LogP contribution in [0.4, 0.5) is 5.13 Å². The smallest absolute Gasteiger partial charge is 0.277 e. The Morgan fingerprint density at radius 3 is 2.95 bits per heavy atom. The summed E-state index contributed by atoms with van der Waals surface area (Å²) in [5, 5.41) is 5.14. The van der Waals surface area contributed by atoms with Crippen LogP contribution in [0.15, 0.2) is 52.7 Å². The molecule has 5 nitrogen and oxygen atoms in total. The number of nitrogens with zero attached hydrogens (tertiary/aromatic N) is 3. The first-order chi connectivity index (χ1) is 10.2. The number of amides is 1. The number of rotatable bonds is 3. The molecule has 0 aliphatic rings. The second-order valence-electron chi connectivity index (χ2n) is 4.09. The molecule has 1 aromatic carbocycles. The molecule has 0 saturated heterocycles. The highest BCUT2D eigenvalue weighted by atomic mass is 79.9. The maximum Gasteiger partial charge on any atom is 0.277 e. The Morgan fingerprint density at radius 1 is 1.29 bits per heavy atom. The molecule has 3 rings (SSSR count). The van der Waals surface area contributed by atoms with Gasteiger partial charge in [0.2, 0.25) is 0 Å². The van der Waals surface area contributed by atoms with Crippen molar-refractivity contribution in [2.75, 3.05) is 5.32 Å². The van der Waals surface area contributed by atoms with E-state index in [0.717, 1.165) is 15.7 Å². The summed E-state index contributed by atoms with van der Waals surface area (Å²) in [5.74, 6) is -0.321. The van der Waals surface area contributed by atoms with Gasteiger partial charge in [-0.3, -0.25) is 15.1 Å². The first kappa shape index (κ1) is 13.8. The Hall–Kier alpha value is -2.12. The standard InChI is InChI=1S/C14H9BrN4OS/c15-10-3-1-2-9(6-10)12-8-21-14(18-12)19-13(20)11-7-16-4-5-17-11/h1-8H,(H,18,19,20). The molecular formula is C14H9BrN4OS. The second kappa shape index (κ2) is 6.11. The molecular weight excluding hydrogens is 352 g/mol. The minimum absolute atomic E-state index is 0.261.